The molecule has 64 valence electrons. The van der Waals surface area contributed by atoms with Crippen LogP contribution >= 0.6 is 11.6 Å². The van der Waals surface area contributed by atoms with Gasteiger partial charge in [-0.05, 0) is 18.6 Å². The third kappa shape index (κ3) is 1.12. The van der Waals surface area contributed by atoms with Gasteiger partial charge in [0.2, 0.25) is 0 Å². The summed E-state index contributed by atoms with van der Waals surface area (Å²) in [4.78, 5) is 2.21. The van der Waals surface area contributed by atoms with Gasteiger partial charge in [0.25, 0.3) is 0 Å². The maximum atomic E-state index is 6.02. The Labute approximate surface area is 76.9 Å². The van der Waals surface area contributed by atoms with E-state index in [1.54, 1.807) is 0 Å². The van der Waals surface area contributed by atoms with Crippen LogP contribution in [0.5, 0.6) is 0 Å². The van der Waals surface area contributed by atoms with Crippen molar-refractivity contribution in [1.82, 2.24) is 0 Å². The summed E-state index contributed by atoms with van der Waals surface area (Å²) in [5.41, 5.74) is 7.59. The molecule has 1 heterocycles. The number of benzene rings is 1. The van der Waals surface area contributed by atoms with Gasteiger partial charge in [0.05, 0.1) is 16.4 Å². The van der Waals surface area contributed by atoms with Crippen LogP contribution < -0.4 is 10.6 Å². The van der Waals surface area contributed by atoms with E-state index in [-0.39, 0.29) is 0 Å². The van der Waals surface area contributed by atoms with Gasteiger partial charge in [-0.3, -0.25) is 0 Å². The molecule has 1 aliphatic heterocycles. The van der Waals surface area contributed by atoms with Crippen molar-refractivity contribution < 1.29 is 0 Å². The van der Waals surface area contributed by atoms with Crippen LogP contribution in [0.4, 0.5) is 11.4 Å². The molecule has 0 amide bonds. The first-order valence-electron chi connectivity index (χ1n) is 4.08. The van der Waals surface area contributed by atoms with Crippen LogP contribution in [0.15, 0.2) is 18.2 Å². The molecule has 1 aromatic rings. The Morgan fingerprint density at radius 2 is 2.08 bits per heavy atom. The Hall–Kier alpha value is -0.890. The zero-order valence-corrected chi connectivity index (χ0v) is 7.51. The van der Waals surface area contributed by atoms with E-state index in [0.29, 0.717) is 0 Å². The molecule has 0 atom stereocenters. The molecule has 2 nitrogen and oxygen atoms in total. The first kappa shape index (κ1) is 7.74. The normalized spacial score (nSPS) is 15.9. The average molecular weight is 183 g/mol. The molecule has 0 aliphatic carbocycles. The fourth-order valence-electron chi connectivity index (χ4n) is 1.41. The Morgan fingerprint density at radius 3 is 2.58 bits per heavy atom. The summed E-state index contributed by atoms with van der Waals surface area (Å²) < 4.78 is 0. The van der Waals surface area contributed by atoms with Crippen molar-refractivity contribution >= 4 is 23.0 Å². The monoisotopic (exact) mass is 182 g/mol. The van der Waals surface area contributed by atoms with E-state index in [4.69, 9.17) is 17.3 Å². The minimum Gasteiger partial charge on any atom is -0.397 e. The van der Waals surface area contributed by atoms with Crippen molar-refractivity contribution in [3.63, 3.8) is 0 Å². The molecule has 0 unspecified atom stereocenters. The highest BCUT2D eigenvalue weighted by molar-refractivity contribution is 6.34. The van der Waals surface area contributed by atoms with Crippen molar-refractivity contribution in [3.05, 3.63) is 23.2 Å². The van der Waals surface area contributed by atoms with E-state index in [1.807, 2.05) is 18.2 Å². The van der Waals surface area contributed by atoms with Crippen LogP contribution in [-0.4, -0.2) is 13.1 Å². The van der Waals surface area contributed by atoms with Gasteiger partial charge in [-0.2, -0.15) is 0 Å². The molecule has 0 bridgehead atoms. The Balaban J connectivity index is 2.39. The molecule has 12 heavy (non-hydrogen) atoms. The Morgan fingerprint density at radius 1 is 1.33 bits per heavy atom. The van der Waals surface area contributed by atoms with Gasteiger partial charge in [-0.1, -0.05) is 17.7 Å². The maximum Gasteiger partial charge on any atom is 0.0789 e. The molecule has 3 heteroatoms. The fourth-order valence-corrected chi connectivity index (χ4v) is 1.71. The van der Waals surface area contributed by atoms with Gasteiger partial charge >= 0.3 is 0 Å². The maximum absolute atomic E-state index is 6.02. The number of anilines is 2. The highest BCUT2D eigenvalue weighted by Crippen LogP contribution is 2.34. The third-order valence-electron chi connectivity index (χ3n) is 2.19. The van der Waals surface area contributed by atoms with E-state index in [0.717, 1.165) is 29.5 Å². The summed E-state index contributed by atoms with van der Waals surface area (Å²) in [5.74, 6) is 0. The molecular weight excluding hydrogens is 172 g/mol. The van der Waals surface area contributed by atoms with E-state index in [2.05, 4.69) is 4.90 Å². The number of para-hydroxylation sites is 1. The van der Waals surface area contributed by atoms with Crippen LogP contribution in [-0.2, 0) is 0 Å². The van der Waals surface area contributed by atoms with E-state index >= 15 is 0 Å². The summed E-state index contributed by atoms with van der Waals surface area (Å²) in [6, 6.07) is 5.64. The minimum absolute atomic E-state index is 0.759. The summed E-state index contributed by atoms with van der Waals surface area (Å²) in [7, 11) is 0. The second-order valence-corrected chi connectivity index (χ2v) is 3.43. The molecule has 2 rings (SSSR count). The predicted octanol–water partition coefficient (Wildman–Crippen LogP) is 2.13. The number of halogens is 1. The minimum atomic E-state index is 0.759. The zero-order chi connectivity index (χ0) is 8.55. The largest absolute Gasteiger partial charge is 0.397 e. The third-order valence-corrected chi connectivity index (χ3v) is 2.50. The van der Waals surface area contributed by atoms with Crippen molar-refractivity contribution in [3.8, 4) is 0 Å². The van der Waals surface area contributed by atoms with Crippen molar-refractivity contribution in [2.24, 2.45) is 0 Å². The fraction of sp³-hybridized carbons (Fsp3) is 0.333. The summed E-state index contributed by atoms with van der Waals surface area (Å²) >= 11 is 6.02. The van der Waals surface area contributed by atoms with E-state index in [9.17, 15) is 0 Å². The molecule has 1 saturated heterocycles. The lowest BCUT2D eigenvalue weighted by Crippen LogP contribution is -2.37. The lowest BCUT2D eigenvalue weighted by Gasteiger charge is -2.34. The van der Waals surface area contributed by atoms with Crippen molar-refractivity contribution in [1.29, 1.82) is 0 Å². The van der Waals surface area contributed by atoms with Crippen LogP contribution in [0.2, 0.25) is 5.02 Å². The summed E-state index contributed by atoms with van der Waals surface area (Å²) in [6.45, 7) is 2.15. The number of rotatable bonds is 1. The summed E-state index contributed by atoms with van der Waals surface area (Å²) in [6.07, 6.45) is 1.24. The molecule has 2 N–H and O–H groups in total. The lowest BCUT2D eigenvalue weighted by molar-refractivity contribution is 0.619. The zero-order valence-electron chi connectivity index (χ0n) is 6.76. The van der Waals surface area contributed by atoms with Crippen LogP contribution in [0.3, 0.4) is 0 Å². The number of nitrogens with two attached hydrogens (primary N) is 1. The summed E-state index contributed by atoms with van der Waals surface area (Å²) in [5, 5.41) is 0.759. The quantitative estimate of drug-likeness (QED) is 0.675. The molecular formula is C9H11ClN2. The van der Waals surface area contributed by atoms with Crippen molar-refractivity contribution in [2.45, 2.75) is 6.42 Å². The second-order valence-electron chi connectivity index (χ2n) is 3.02. The van der Waals surface area contributed by atoms with E-state index < -0.39 is 0 Å². The molecule has 1 fully saturated rings. The van der Waals surface area contributed by atoms with Gasteiger partial charge in [-0.15, -0.1) is 0 Å². The number of nitrogens with zero attached hydrogens (tertiary/aromatic N) is 1. The highest BCUT2D eigenvalue weighted by atomic mass is 35.5. The van der Waals surface area contributed by atoms with Crippen LogP contribution in [0, 0.1) is 0 Å². The predicted molar refractivity (Wildman–Crippen MR) is 52.7 cm³/mol. The molecule has 0 radical (unpaired) electrons. The van der Waals surface area contributed by atoms with Crippen LogP contribution in [0.25, 0.3) is 0 Å². The standard InChI is InChI=1S/C9H11ClN2/c10-7-3-1-4-8(11)9(7)12-5-2-6-12/h1,3-4H,2,5-6,11H2. The molecule has 0 saturated carbocycles. The van der Waals surface area contributed by atoms with Gasteiger partial charge in [0, 0.05) is 13.1 Å². The Bertz CT molecular complexity index is 274. The van der Waals surface area contributed by atoms with Crippen LogP contribution in [0.1, 0.15) is 6.42 Å². The molecule has 0 spiro atoms. The topological polar surface area (TPSA) is 29.3 Å². The average Bonchev–Trinajstić information content (AvgIpc) is 1.93. The van der Waals surface area contributed by atoms with Gasteiger partial charge in [0.15, 0.2) is 0 Å². The Kier molecular flexibility index (Phi) is 1.85. The van der Waals surface area contributed by atoms with Gasteiger partial charge < -0.3 is 10.6 Å². The van der Waals surface area contributed by atoms with E-state index in [1.165, 1.54) is 6.42 Å². The lowest BCUT2D eigenvalue weighted by atomic mass is 10.1. The number of nitrogen functional groups attached to an aromatic ring is 1. The highest BCUT2D eigenvalue weighted by Gasteiger charge is 2.18. The first-order valence-corrected chi connectivity index (χ1v) is 4.46. The molecule has 1 aliphatic rings. The molecule has 0 aromatic heterocycles. The first-order chi connectivity index (χ1) is 5.79. The smallest absolute Gasteiger partial charge is 0.0789 e. The van der Waals surface area contributed by atoms with Gasteiger partial charge in [0.1, 0.15) is 0 Å². The number of hydrogen-bond donors (Lipinski definition) is 1. The SMILES string of the molecule is Nc1cccc(Cl)c1N1CCC1. The van der Waals surface area contributed by atoms with Gasteiger partial charge in [-0.25, -0.2) is 0 Å². The van der Waals surface area contributed by atoms with Crippen molar-refractivity contribution in [2.75, 3.05) is 23.7 Å². The number of hydrogen-bond acceptors (Lipinski definition) is 2. The molecule has 1 aromatic carbocycles. The second kappa shape index (κ2) is 2.87.